The molecule has 2 aliphatic carbocycles. The maximum atomic E-state index is 14.1. The van der Waals surface area contributed by atoms with Crippen LogP contribution in [-0.2, 0) is 10.2 Å². The molecule has 3 rings (SSSR count). The lowest BCUT2D eigenvalue weighted by molar-refractivity contribution is -0.126. The van der Waals surface area contributed by atoms with Gasteiger partial charge < -0.3 is 5.32 Å². The number of carbonyl (C=O) groups excluding carboxylic acids is 1. The van der Waals surface area contributed by atoms with Crippen LogP contribution in [-0.4, -0.2) is 12.5 Å². The minimum atomic E-state index is -0.559. The topological polar surface area (TPSA) is 29.1 Å². The highest BCUT2D eigenvalue weighted by atomic mass is 19.1. The number of hydrogen-bond acceptors (Lipinski definition) is 1. The van der Waals surface area contributed by atoms with Gasteiger partial charge >= 0.3 is 0 Å². The molecule has 22 heavy (non-hydrogen) atoms. The van der Waals surface area contributed by atoms with Crippen molar-refractivity contribution in [1.82, 2.24) is 5.32 Å². The lowest BCUT2D eigenvalue weighted by atomic mass is 9.88. The molecule has 2 aliphatic rings. The van der Waals surface area contributed by atoms with Crippen molar-refractivity contribution < 1.29 is 13.6 Å². The Morgan fingerprint density at radius 2 is 1.95 bits per heavy atom. The fourth-order valence-corrected chi connectivity index (χ4v) is 3.85. The summed E-state index contributed by atoms with van der Waals surface area (Å²) in [5.74, 6) is -0.551. The molecule has 2 unspecified atom stereocenters. The summed E-state index contributed by atoms with van der Waals surface area (Å²) in [6.45, 7) is 2.50. The second-order valence-corrected chi connectivity index (χ2v) is 6.94. The fourth-order valence-electron chi connectivity index (χ4n) is 3.85. The van der Waals surface area contributed by atoms with Crippen molar-refractivity contribution in [3.63, 3.8) is 0 Å². The van der Waals surface area contributed by atoms with Gasteiger partial charge in [0.15, 0.2) is 0 Å². The molecule has 0 bridgehead atoms. The van der Waals surface area contributed by atoms with E-state index in [0.29, 0.717) is 18.0 Å². The van der Waals surface area contributed by atoms with E-state index in [2.05, 4.69) is 12.2 Å². The number of hydrogen-bond donors (Lipinski definition) is 1. The van der Waals surface area contributed by atoms with Crippen molar-refractivity contribution in [3.05, 3.63) is 35.4 Å². The molecule has 4 heteroatoms. The molecule has 2 saturated carbocycles. The molecular weight excluding hydrogens is 284 g/mol. The summed E-state index contributed by atoms with van der Waals surface area (Å²) in [6.07, 6.45) is 6.20. The quantitative estimate of drug-likeness (QED) is 0.897. The number of amides is 1. The monoisotopic (exact) mass is 307 g/mol. The molecule has 1 aromatic rings. The van der Waals surface area contributed by atoms with E-state index in [1.54, 1.807) is 0 Å². The van der Waals surface area contributed by atoms with Gasteiger partial charge in [-0.15, -0.1) is 0 Å². The molecule has 1 amide bonds. The molecule has 2 atom stereocenters. The number of carbonyl (C=O) groups is 1. The van der Waals surface area contributed by atoms with Crippen LogP contribution in [0.2, 0.25) is 0 Å². The molecule has 1 aromatic carbocycles. The van der Waals surface area contributed by atoms with E-state index in [1.807, 2.05) is 0 Å². The van der Waals surface area contributed by atoms with Crippen LogP contribution in [0, 0.1) is 23.5 Å². The predicted molar refractivity (Wildman–Crippen MR) is 81.4 cm³/mol. The van der Waals surface area contributed by atoms with E-state index in [0.717, 1.165) is 38.2 Å². The van der Waals surface area contributed by atoms with Gasteiger partial charge in [-0.1, -0.05) is 32.3 Å². The first-order valence-electron chi connectivity index (χ1n) is 8.26. The summed E-state index contributed by atoms with van der Waals surface area (Å²) in [7, 11) is 0. The standard InChI is InChI=1S/C18H23F2NO/c1-12-10-18(12,15-8-7-14(19)9-16(15)20)11-21-17(22)13-5-3-2-4-6-13/h7-9,12-13H,2-6,10-11H2,1H3,(H,21,22). The van der Waals surface area contributed by atoms with E-state index in [-0.39, 0.29) is 17.2 Å². The Kier molecular flexibility index (Phi) is 4.20. The van der Waals surface area contributed by atoms with E-state index in [9.17, 15) is 13.6 Å². The van der Waals surface area contributed by atoms with Crippen LogP contribution in [0.5, 0.6) is 0 Å². The lowest BCUT2D eigenvalue weighted by Crippen LogP contribution is -2.38. The van der Waals surface area contributed by atoms with Crippen molar-refractivity contribution in [2.45, 2.75) is 50.9 Å². The summed E-state index contributed by atoms with van der Waals surface area (Å²) in [5.41, 5.74) is 0.174. The van der Waals surface area contributed by atoms with Gasteiger partial charge in [-0.3, -0.25) is 4.79 Å². The molecule has 0 aliphatic heterocycles. The van der Waals surface area contributed by atoms with Gasteiger partial charge in [-0.2, -0.15) is 0 Å². The first-order valence-corrected chi connectivity index (χ1v) is 8.26. The first kappa shape index (κ1) is 15.4. The zero-order valence-electron chi connectivity index (χ0n) is 13.0. The average molecular weight is 307 g/mol. The smallest absolute Gasteiger partial charge is 0.223 e. The van der Waals surface area contributed by atoms with E-state index < -0.39 is 11.6 Å². The second kappa shape index (κ2) is 5.98. The molecule has 120 valence electrons. The molecular formula is C18H23F2NO. The van der Waals surface area contributed by atoms with Crippen LogP contribution in [0.1, 0.15) is 51.0 Å². The fraction of sp³-hybridized carbons (Fsp3) is 0.611. The van der Waals surface area contributed by atoms with Crippen LogP contribution >= 0.6 is 0 Å². The summed E-state index contributed by atoms with van der Waals surface area (Å²) in [6, 6.07) is 3.76. The maximum absolute atomic E-state index is 14.1. The van der Waals surface area contributed by atoms with Gasteiger partial charge in [0.05, 0.1) is 0 Å². The molecule has 0 saturated heterocycles. The van der Waals surface area contributed by atoms with Crippen molar-refractivity contribution in [2.24, 2.45) is 11.8 Å². The number of halogens is 2. The minimum Gasteiger partial charge on any atom is -0.355 e. The second-order valence-electron chi connectivity index (χ2n) is 6.94. The summed E-state index contributed by atoms with van der Waals surface area (Å²) < 4.78 is 27.2. The van der Waals surface area contributed by atoms with Crippen LogP contribution in [0.15, 0.2) is 18.2 Å². The van der Waals surface area contributed by atoms with Crippen LogP contribution in [0.3, 0.4) is 0 Å². The normalized spacial score (nSPS) is 28.4. The lowest BCUT2D eigenvalue weighted by Gasteiger charge is -2.24. The Morgan fingerprint density at radius 1 is 1.27 bits per heavy atom. The zero-order chi connectivity index (χ0) is 15.7. The Bertz CT molecular complexity index is 568. The van der Waals surface area contributed by atoms with Gasteiger partial charge in [0.25, 0.3) is 0 Å². The highest BCUT2D eigenvalue weighted by Gasteiger charge is 2.53. The van der Waals surface area contributed by atoms with Gasteiger partial charge in [-0.05, 0) is 36.8 Å². The Labute approximate surface area is 130 Å². The highest BCUT2D eigenvalue weighted by molar-refractivity contribution is 5.78. The molecule has 2 fully saturated rings. The van der Waals surface area contributed by atoms with Gasteiger partial charge in [0.1, 0.15) is 11.6 Å². The van der Waals surface area contributed by atoms with Crippen molar-refractivity contribution in [1.29, 1.82) is 0 Å². The molecule has 1 N–H and O–H groups in total. The maximum Gasteiger partial charge on any atom is 0.223 e. The Balaban J connectivity index is 1.68. The molecule has 2 nitrogen and oxygen atoms in total. The number of nitrogens with one attached hydrogen (secondary N) is 1. The summed E-state index contributed by atoms with van der Waals surface area (Å²) >= 11 is 0. The number of rotatable bonds is 4. The van der Waals surface area contributed by atoms with E-state index >= 15 is 0 Å². The minimum absolute atomic E-state index is 0.0979. The Morgan fingerprint density at radius 3 is 2.55 bits per heavy atom. The van der Waals surface area contributed by atoms with Gasteiger partial charge in [0.2, 0.25) is 5.91 Å². The molecule has 0 radical (unpaired) electrons. The average Bonchev–Trinajstić information content (AvgIpc) is 3.17. The molecule has 0 heterocycles. The van der Waals surface area contributed by atoms with Crippen LogP contribution < -0.4 is 5.32 Å². The van der Waals surface area contributed by atoms with Crippen LogP contribution in [0.4, 0.5) is 8.78 Å². The Hall–Kier alpha value is -1.45. The zero-order valence-corrected chi connectivity index (χ0v) is 13.0. The molecule has 0 aromatic heterocycles. The number of benzene rings is 1. The highest BCUT2D eigenvalue weighted by Crippen LogP contribution is 2.54. The summed E-state index contributed by atoms with van der Waals surface area (Å²) in [4.78, 5) is 12.3. The van der Waals surface area contributed by atoms with Crippen LogP contribution in [0.25, 0.3) is 0 Å². The van der Waals surface area contributed by atoms with Crippen molar-refractivity contribution in [3.8, 4) is 0 Å². The summed E-state index contributed by atoms with van der Waals surface area (Å²) in [5, 5.41) is 3.03. The van der Waals surface area contributed by atoms with Gasteiger partial charge in [0, 0.05) is 23.9 Å². The molecule has 0 spiro atoms. The third kappa shape index (κ3) is 2.88. The third-order valence-corrected chi connectivity index (χ3v) is 5.48. The van der Waals surface area contributed by atoms with Crippen molar-refractivity contribution >= 4 is 5.91 Å². The van der Waals surface area contributed by atoms with E-state index in [4.69, 9.17) is 0 Å². The predicted octanol–water partition coefficient (Wildman–Crippen LogP) is 3.94. The van der Waals surface area contributed by atoms with E-state index in [1.165, 1.54) is 18.6 Å². The third-order valence-electron chi connectivity index (χ3n) is 5.48. The largest absolute Gasteiger partial charge is 0.355 e. The SMILES string of the molecule is CC1CC1(CNC(=O)C1CCCCC1)c1ccc(F)cc1F. The van der Waals surface area contributed by atoms with Gasteiger partial charge in [-0.25, -0.2) is 8.78 Å². The van der Waals surface area contributed by atoms with Crippen molar-refractivity contribution in [2.75, 3.05) is 6.54 Å². The first-order chi connectivity index (χ1) is 10.5.